The van der Waals surface area contributed by atoms with Crippen molar-refractivity contribution in [3.05, 3.63) is 81.4 Å². The molecule has 0 bridgehead atoms. The SMILES string of the molecule is CCCCCNC(=O)c1cc(Cl)c2nc(-c3ccc(Cl)cc3)c(-c3ccccc3Cl)n2c1. The molecular formula is C25H22Cl3N3O. The van der Waals surface area contributed by atoms with Gasteiger partial charge < -0.3 is 5.32 Å². The molecule has 1 N–H and O–H groups in total. The number of benzene rings is 2. The number of carbonyl (C=O) groups excluding carboxylic acids is 1. The molecule has 4 aromatic rings. The number of hydrogen-bond acceptors (Lipinski definition) is 2. The Morgan fingerprint density at radius 2 is 1.75 bits per heavy atom. The van der Waals surface area contributed by atoms with Crippen molar-refractivity contribution in [2.24, 2.45) is 0 Å². The monoisotopic (exact) mass is 485 g/mol. The van der Waals surface area contributed by atoms with Gasteiger partial charge in [0.15, 0.2) is 5.65 Å². The second kappa shape index (κ2) is 9.95. The van der Waals surface area contributed by atoms with Gasteiger partial charge in [-0.15, -0.1) is 0 Å². The molecule has 4 nitrogen and oxygen atoms in total. The maximum absolute atomic E-state index is 12.8. The molecule has 0 unspecified atom stereocenters. The lowest BCUT2D eigenvalue weighted by Gasteiger charge is -2.10. The van der Waals surface area contributed by atoms with Gasteiger partial charge in [-0.25, -0.2) is 4.98 Å². The predicted octanol–water partition coefficient (Wildman–Crippen LogP) is 7.55. The van der Waals surface area contributed by atoms with Crippen LogP contribution in [-0.4, -0.2) is 21.8 Å². The largest absolute Gasteiger partial charge is 0.352 e. The fraction of sp³-hybridized carbons (Fsp3) is 0.200. The Bertz CT molecular complexity index is 1270. The van der Waals surface area contributed by atoms with E-state index in [0.717, 1.165) is 36.1 Å². The third-order valence-corrected chi connectivity index (χ3v) is 6.11. The number of unbranched alkanes of at least 4 members (excludes halogenated alkanes) is 2. The molecular weight excluding hydrogens is 465 g/mol. The van der Waals surface area contributed by atoms with Gasteiger partial charge in [-0.3, -0.25) is 9.20 Å². The predicted molar refractivity (Wildman–Crippen MR) is 133 cm³/mol. The number of fused-ring (bicyclic) bond motifs is 1. The highest BCUT2D eigenvalue weighted by atomic mass is 35.5. The summed E-state index contributed by atoms with van der Waals surface area (Å²) in [6.45, 7) is 2.75. The van der Waals surface area contributed by atoms with Crippen molar-refractivity contribution in [3.8, 4) is 22.5 Å². The number of hydrogen-bond donors (Lipinski definition) is 1. The highest BCUT2D eigenvalue weighted by molar-refractivity contribution is 6.34. The topological polar surface area (TPSA) is 46.4 Å². The smallest absolute Gasteiger partial charge is 0.252 e. The van der Waals surface area contributed by atoms with E-state index in [-0.39, 0.29) is 5.91 Å². The Hall–Kier alpha value is -2.53. The van der Waals surface area contributed by atoms with Crippen molar-refractivity contribution in [1.29, 1.82) is 0 Å². The molecule has 7 heteroatoms. The minimum Gasteiger partial charge on any atom is -0.352 e. The summed E-state index contributed by atoms with van der Waals surface area (Å²) in [7, 11) is 0. The third-order valence-electron chi connectivity index (χ3n) is 5.25. The van der Waals surface area contributed by atoms with E-state index in [2.05, 4.69) is 12.2 Å². The lowest BCUT2D eigenvalue weighted by Crippen LogP contribution is -2.24. The molecule has 32 heavy (non-hydrogen) atoms. The van der Waals surface area contributed by atoms with Crippen molar-refractivity contribution in [1.82, 2.24) is 14.7 Å². The van der Waals surface area contributed by atoms with Crippen molar-refractivity contribution in [2.75, 3.05) is 6.54 Å². The summed E-state index contributed by atoms with van der Waals surface area (Å²) in [4.78, 5) is 17.6. The highest BCUT2D eigenvalue weighted by Crippen LogP contribution is 2.38. The average molecular weight is 487 g/mol. The lowest BCUT2D eigenvalue weighted by atomic mass is 10.0. The molecule has 0 saturated carbocycles. The average Bonchev–Trinajstić information content (AvgIpc) is 3.17. The van der Waals surface area contributed by atoms with Gasteiger partial charge in [-0.2, -0.15) is 0 Å². The number of halogens is 3. The van der Waals surface area contributed by atoms with Crippen LogP contribution in [0, 0.1) is 0 Å². The molecule has 0 saturated heterocycles. The van der Waals surface area contributed by atoms with E-state index < -0.39 is 0 Å². The van der Waals surface area contributed by atoms with Crippen molar-refractivity contribution >= 4 is 46.4 Å². The molecule has 0 fully saturated rings. The fourth-order valence-corrected chi connectivity index (χ4v) is 4.23. The maximum Gasteiger partial charge on any atom is 0.252 e. The van der Waals surface area contributed by atoms with Gasteiger partial charge in [0.2, 0.25) is 0 Å². The quantitative estimate of drug-likeness (QED) is 0.274. The second-order valence-corrected chi connectivity index (χ2v) is 8.78. The minimum atomic E-state index is -0.170. The van der Waals surface area contributed by atoms with Crippen LogP contribution in [0.5, 0.6) is 0 Å². The van der Waals surface area contributed by atoms with E-state index in [1.807, 2.05) is 52.9 Å². The first-order valence-electron chi connectivity index (χ1n) is 10.5. The maximum atomic E-state index is 12.8. The third kappa shape index (κ3) is 4.63. The summed E-state index contributed by atoms with van der Waals surface area (Å²) >= 11 is 19.3. The van der Waals surface area contributed by atoms with Gasteiger partial charge in [0.25, 0.3) is 5.91 Å². The van der Waals surface area contributed by atoms with E-state index in [9.17, 15) is 4.79 Å². The van der Waals surface area contributed by atoms with E-state index in [0.29, 0.717) is 38.5 Å². The van der Waals surface area contributed by atoms with E-state index in [4.69, 9.17) is 39.8 Å². The molecule has 2 aromatic heterocycles. The lowest BCUT2D eigenvalue weighted by molar-refractivity contribution is 0.0952. The Morgan fingerprint density at radius 1 is 1.00 bits per heavy atom. The van der Waals surface area contributed by atoms with Crippen LogP contribution >= 0.6 is 34.8 Å². The number of amides is 1. The number of rotatable bonds is 7. The molecule has 2 heterocycles. The molecule has 164 valence electrons. The van der Waals surface area contributed by atoms with Crippen LogP contribution in [0.4, 0.5) is 0 Å². The van der Waals surface area contributed by atoms with E-state index in [1.54, 1.807) is 12.3 Å². The first-order chi connectivity index (χ1) is 15.5. The van der Waals surface area contributed by atoms with Crippen molar-refractivity contribution in [2.45, 2.75) is 26.2 Å². The zero-order valence-electron chi connectivity index (χ0n) is 17.5. The van der Waals surface area contributed by atoms with Crippen LogP contribution in [-0.2, 0) is 0 Å². The molecule has 2 aromatic carbocycles. The Balaban J connectivity index is 1.88. The Labute approximate surface area is 202 Å². The molecule has 0 radical (unpaired) electrons. The molecule has 0 spiro atoms. The van der Waals surface area contributed by atoms with Crippen LogP contribution < -0.4 is 5.32 Å². The van der Waals surface area contributed by atoms with Crippen LogP contribution in [0.2, 0.25) is 15.1 Å². The summed E-state index contributed by atoms with van der Waals surface area (Å²) in [5.74, 6) is -0.170. The summed E-state index contributed by atoms with van der Waals surface area (Å²) in [6, 6.07) is 16.6. The van der Waals surface area contributed by atoms with Crippen LogP contribution in [0.3, 0.4) is 0 Å². The molecule has 0 aliphatic heterocycles. The van der Waals surface area contributed by atoms with Gasteiger partial charge in [0, 0.05) is 33.9 Å². The minimum absolute atomic E-state index is 0.170. The normalized spacial score (nSPS) is 11.1. The molecule has 1 amide bonds. The van der Waals surface area contributed by atoms with E-state index >= 15 is 0 Å². The Kier molecular flexibility index (Phi) is 7.04. The van der Waals surface area contributed by atoms with Gasteiger partial charge in [0.1, 0.15) is 0 Å². The van der Waals surface area contributed by atoms with Crippen LogP contribution in [0.1, 0.15) is 36.5 Å². The summed E-state index contributed by atoms with van der Waals surface area (Å²) < 4.78 is 1.84. The Morgan fingerprint density at radius 3 is 2.47 bits per heavy atom. The van der Waals surface area contributed by atoms with Gasteiger partial charge in [-0.1, -0.05) is 84.9 Å². The van der Waals surface area contributed by atoms with Gasteiger partial charge in [-0.05, 0) is 30.7 Å². The standard InChI is InChI=1S/C25H22Cl3N3O/c1-2-3-6-13-29-25(32)17-14-21(28)24-30-22(16-9-11-18(26)12-10-16)23(31(24)15-17)19-7-4-5-8-20(19)27/h4-5,7-12,14-15H,2-3,6,13H2,1H3,(H,29,32). The zero-order chi connectivity index (χ0) is 22.7. The molecule has 4 rings (SSSR count). The summed E-state index contributed by atoms with van der Waals surface area (Å²) in [5, 5.41) is 4.57. The number of carbonyl (C=O) groups is 1. The van der Waals surface area contributed by atoms with Gasteiger partial charge >= 0.3 is 0 Å². The van der Waals surface area contributed by atoms with Crippen LogP contribution in [0.25, 0.3) is 28.2 Å². The number of imidazole rings is 1. The molecule has 0 atom stereocenters. The fourth-order valence-electron chi connectivity index (χ4n) is 3.63. The summed E-state index contributed by atoms with van der Waals surface area (Å²) in [6.07, 6.45) is 4.87. The molecule has 0 aliphatic rings. The number of nitrogens with one attached hydrogen (secondary N) is 1. The van der Waals surface area contributed by atoms with Crippen molar-refractivity contribution in [3.63, 3.8) is 0 Å². The van der Waals surface area contributed by atoms with E-state index in [1.165, 1.54) is 0 Å². The van der Waals surface area contributed by atoms with Gasteiger partial charge in [0.05, 0.1) is 22.0 Å². The summed E-state index contributed by atoms with van der Waals surface area (Å²) in [5.41, 5.74) is 4.15. The molecule has 0 aliphatic carbocycles. The zero-order valence-corrected chi connectivity index (χ0v) is 19.8. The second-order valence-electron chi connectivity index (χ2n) is 7.53. The first-order valence-corrected chi connectivity index (χ1v) is 11.6. The first kappa shape index (κ1) is 22.7. The van der Waals surface area contributed by atoms with Crippen LogP contribution in [0.15, 0.2) is 60.8 Å². The van der Waals surface area contributed by atoms with Crippen molar-refractivity contribution < 1.29 is 4.79 Å². The number of aromatic nitrogens is 2. The number of nitrogens with zero attached hydrogens (tertiary/aromatic N) is 2. The number of pyridine rings is 1. The highest BCUT2D eigenvalue weighted by Gasteiger charge is 2.21.